The third-order valence-corrected chi connectivity index (χ3v) is 8.04. The molecule has 0 spiro atoms. The van der Waals surface area contributed by atoms with Crippen LogP contribution in [0, 0.1) is 5.92 Å². The molecular formula is C22H32N2O5S. The van der Waals surface area contributed by atoms with Crippen LogP contribution in [0.1, 0.15) is 46.5 Å². The van der Waals surface area contributed by atoms with Crippen LogP contribution in [0.4, 0.5) is 4.79 Å². The summed E-state index contributed by atoms with van der Waals surface area (Å²) in [4.78, 5) is 28.9. The number of ether oxygens (including phenoxy) is 1. The topological polar surface area (TPSA) is 84.0 Å². The van der Waals surface area contributed by atoms with E-state index < -0.39 is 20.7 Å². The first-order valence-electron chi connectivity index (χ1n) is 10.6. The van der Waals surface area contributed by atoms with Crippen molar-refractivity contribution >= 4 is 21.8 Å². The molecule has 1 aromatic carbocycles. The molecule has 3 rings (SSSR count). The fourth-order valence-corrected chi connectivity index (χ4v) is 5.84. The lowest BCUT2D eigenvalue weighted by atomic mass is 9.94. The second kappa shape index (κ2) is 8.96. The van der Waals surface area contributed by atoms with E-state index >= 15 is 0 Å². The number of sulfone groups is 1. The second-order valence-corrected chi connectivity index (χ2v) is 11.4. The van der Waals surface area contributed by atoms with Crippen molar-refractivity contribution in [1.82, 2.24) is 9.80 Å². The maximum atomic E-state index is 12.9. The zero-order chi connectivity index (χ0) is 21.9. The van der Waals surface area contributed by atoms with Gasteiger partial charge >= 0.3 is 6.09 Å². The molecule has 0 radical (unpaired) electrons. The Bertz CT molecular complexity index is 847. The van der Waals surface area contributed by atoms with Crippen molar-refractivity contribution in [2.24, 2.45) is 5.92 Å². The number of piperidine rings is 2. The van der Waals surface area contributed by atoms with Crippen molar-refractivity contribution in [2.75, 3.05) is 26.2 Å². The highest BCUT2D eigenvalue weighted by atomic mass is 32.2. The maximum absolute atomic E-state index is 12.9. The minimum absolute atomic E-state index is 0.0781. The van der Waals surface area contributed by atoms with Crippen molar-refractivity contribution < 1.29 is 22.7 Å². The van der Waals surface area contributed by atoms with Crippen molar-refractivity contribution in [3.05, 3.63) is 30.3 Å². The number of carbonyl (C=O) groups excluding carboxylic acids is 2. The molecule has 0 atom stereocenters. The van der Waals surface area contributed by atoms with Gasteiger partial charge in [0.25, 0.3) is 0 Å². The summed E-state index contributed by atoms with van der Waals surface area (Å²) in [5.41, 5.74) is -0.534. The molecule has 2 heterocycles. The van der Waals surface area contributed by atoms with Gasteiger partial charge < -0.3 is 14.5 Å². The van der Waals surface area contributed by atoms with Crippen LogP contribution in [-0.4, -0.2) is 67.2 Å². The molecule has 2 aliphatic heterocycles. The highest BCUT2D eigenvalue weighted by Gasteiger charge is 2.36. The van der Waals surface area contributed by atoms with Crippen molar-refractivity contribution in [2.45, 2.75) is 62.2 Å². The van der Waals surface area contributed by atoms with Crippen LogP contribution in [0.25, 0.3) is 0 Å². The number of nitrogens with zero attached hydrogens (tertiary/aromatic N) is 2. The summed E-state index contributed by atoms with van der Waals surface area (Å²) in [7, 11) is -3.36. The molecule has 2 saturated heterocycles. The number of likely N-dealkylation sites (tertiary alicyclic amines) is 2. The van der Waals surface area contributed by atoms with Gasteiger partial charge in [0.05, 0.1) is 10.1 Å². The van der Waals surface area contributed by atoms with Crippen molar-refractivity contribution in [1.29, 1.82) is 0 Å². The normalized spacial score (nSPS) is 19.6. The molecule has 30 heavy (non-hydrogen) atoms. The number of carbonyl (C=O) groups is 2. The van der Waals surface area contributed by atoms with Gasteiger partial charge in [-0.05, 0) is 58.6 Å². The Hall–Kier alpha value is -2.09. The van der Waals surface area contributed by atoms with E-state index in [1.165, 1.54) is 0 Å². The Labute approximate surface area is 179 Å². The molecule has 0 unspecified atom stereocenters. The Morgan fingerprint density at radius 1 is 0.900 bits per heavy atom. The lowest BCUT2D eigenvalue weighted by Gasteiger charge is -2.37. The van der Waals surface area contributed by atoms with Gasteiger partial charge in [0.1, 0.15) is 5.60 Å². The molecule has 7 nitrogen and oxygen atoms in total. The third-order valence-electron chi connectivity index (χ3n) is 5.76. The Kier molecular flexibility index (Phi) is 6.75. The molecule has 0 aliphatic carbocycles. The van der Waals surface area contributed by atoms with Crippen LogP contribution >= 0.6 is 0 Å². The van der Waals surface area contributed by atoms with E-state index in [1.54, 1.807) is 40.1 Å². The fourth-order valence-electron chi connectivity index (χ4n) is 4.08. The summed E-state index contributed by atoms with van der Waals surface area (Å²) < 4.78 is 31.0. The molecule has 0 bridgehead atoms. The average molecular weight is 437 g/mol. The quantitative estimate of drug-likeness (QED) is 0.727. The smallest absolute Gasteiger partial charge is 0.410 e. The van der Waals surface area contributed by atoms with Gasteiger partial charge in [0.15, 0.2) is 9.84 Å². The zero-order valence-corrected chi connectivity index (χ0v) is 18.9. The van der Waals surface area contributed by atoms with Crippen LogP contribution < -0.4 is 0 Å². The fraction of sp³-hybridized carbons (Fsp3) is 0.636. The van der Waals surface area contributed by atoms with Gasteiger partial charge in [0.2, 0.25) is 5.91 Å². The molecule has 1 aromatic rings. The SMILES string of the molecule is CC(C)(C)OC(=O)N1CCC(C(=O)N2CCC(S(=O)(=O)c3ccccc3)CC2)CC1. The van der Waals surface area contributed by atoms with E-state index in [2.05, 4.69) is 0 Å². The van der Waals surface area contributed by atoms with Gasteiger partial charge in [0, 0.05) is 32.1 Å². The molecule has 2 amide bonds. The lowest BCUT2D eigenvalue weighted by molar-refractivity contribution is -0.138. The average Bonchev–Trinajstić information content (AvgIpc) is 2.73. The Morgan fingerprint density at radius 3 is 1.97 bits per heavy atom. The van der Waals surface area contributed by atoms with E-state index in [1.807, 2.05) is 20.8 Å². The van der Waals surface area contributed by atoms with Gasteiger partial charge in [-0.15, -0.1) is 0 Å². The van der Waals surface area contributed by atoms with E-state index in [9.17, 15) is 18.0 Å². The summed E-state index contributed by atoms with van der Waals surface area (Å²) in [6, 6.07) is 8.52. The molecular weight excluding hydrogens is 404 g/mol. The first-order chi connectivity index (χ1) is 14.1. The van der Waals surface area contributed by atoms with Crippen LogP contribution in [0.15, 0.2) is 35.2 Å². The molecule has 0 aromatic heterocycles. The van der Waals surface area contributed by atoms with Gasteiger partial charge in [-0.3, -0.25) is 4.79 Å². The van der Waals surface area contributed by atoms with Crippen molar-refractivity contribution in [3.8, 4) is 0 Å². The van der Waals surface area contributed by atoms with Gasteiger partial charge in [-0.2, -0.15) is 0 Å². The molecule has 166 valence electrons. The van der Waals surface area contributed by atoms with Crippen molar-refractivity contribution in [3.63, 3.8) is 0 Å². The lowest BCUT2D eigenvalue weighted by Crippen LogP contribution is -2.48. The summed E-state index contributed by atoms with van der Waals surface area (Å²) in [6.45, 7) is 7.44. The van der Waals surface area contributed by atoms with E-state index in [-0.39, 0.29) is 17.9 Å². The summed E-state index contributed by atoms with van der Waals surface area (Å²) in [5, 5.41) is -0.446. The third kappa shape index (κ3) is 5.33. The largest absolute Gasteiger partial charge is 0.444 e. The summed E-state index contributed by atoms with van der Waals surface area (Å²) in [6.07, 6.45) is 1.81. The summed E-state index contributed by atoms with van der Waals surface area (Å²) in [5.74, 6) is -0.0413. The van der Waals surface area contributed by atoms with E-state index in [4.69, 9.17) is 4.74 Å². The number of benzene rings is 1. The molecule has 2 aliphatic rings. The van der Waals surface area contributed by atoms with Crippen LogP contribution in [0.2, 0.25) is 0 Å². The molecule has 2 fully saturated rings. The van der Waals surface area contributed by atoms with Crippen LogP contribution in [0.5, 0.6) is 0 Å². The van der Waals surface area contributed by atoms with E-state index in [0.717, 1.165) is 0 Å². The monoisotopic (exact) mass is 436 g/mol. The number of amides is 2. The number of hydrogen-bond acceptors (Lipinski definition) is 5. The highest BCUT2D eigenvalue weighted by Crippen LogP contribution is 2.27. The number of rotatable bonds is 3. The Morgan fingerprint density at radius 2 is 1.43 bits per heavy atom. The minimum Gasteiger partial charge on any atom is -0.444 e. The molecule has 0 saturated carbocycles. The highest BCUT2D eigenvalue weighted by molar-refractivity contribution is 7.92. The van der Waals surface area contributed by atoms with Gasteiger partial charge in [-0.25, -0.2) is 13.2 Å². The summed E-state index contributed by atoms with van der Waals surface area (Å²) >= 11 is 0. The maximum Gasteiger partial charge on any atom is 0.410 e. The first-order valence-corrected chi connectivity index (χ1v) is 12.2. The van der Waals surface area contributed by atoms with Crippen LogP contribution in [-0.2, 0) is 19.4 Å². The minimum atomic E-state index is -3.36. The first kappa shape index (κ1) is 22.6. The van der Waals surface area contributed by atoms with Crippen LogP contribution in [0.3, 0.4) is 0 Å². The van der Waals surface area contributed by atoms with E-state index in [0.29, 0.717) is 56.8 Å². The number of hydrogen-bond donors (Lipinski definition) is 0. The Balaban J connectivity index is 1.50. The zero-order valence-electron chi connectivity index (χ0n) is 18.0. The second-order valence-electron chi connectivity index (χ2n) is 9.12. The predicted molar refractivity (Wildman–Crippen MR) is 114 cm³/mol. The van der Waals surface area contributed by atoms with Gasteiger partial charge in [-0.1, -0.05) is 18.2 Å². The standard InChI is InChI=1S/C22H32N2O5S/c1-22(2,3)29-21(26)24-13-9-17(10-14-24)20(25)23-15-11-19(12-16-23)30(27,28)18-7-5-4-6-8-18/h4-8,17,19H,9-16H2,1-3H3. The molecule has 0 N–H and O–H groups in total. The predicted octanol–water partition coefficient (Wildman–Crippen LogP) is 3.10. The molecule has 8 heteroatoms.